The molecule has 12 heavy (non-hydrogen) atoms. The van der Waals surface area contributed by atoms with Gasteiger partial charge < -0.3 is 0 Å². The molecule has 0 aromatic heterocycles. The number of rotatable bonds is 0. The van der Waals surface area contributed by atoms with Crippen molar-refractivity contribution in [3.05, 3.63) is 0 Å². The first-order chi connectivity index (χ1) is 5.69. The quantitative estimate of drug-likeness (QED) is 0.548. The van der Waals surface area contributed by atoms with Gasteiger partial charge in [0.15, 0.2) is 0 Å². The fourth-order valence-corrected chi connectivity index (χ4v) is 1.00. The summed E-state index contributed by atoms with van der Waals surface area (Å²) >= 11 is 0. The Bertz CT molecular complexity index is 207. The summed E-state index contributed by atoms with van der Waals surface area (Å²) in [4.78, 5) is 0. The van der Waals surface area contributed by atoms with Crippen LogP contribution < -0.4 is 0 Å². The molecule has 2 aliphatic rings. The minimum atomic E-state index is 0.407. The standard InChI is InChI=1S/2C5H7N/c2*1-4-2-5(4)3-6/h2*4-5H,2H2,1H3. The van der Waals surface area contributed by atoms with Crippen LogP contribution in [0.2, 0.25) is 0 Å². The second kappa shape index (κ2) is 3.59. The van der Waals surface area contributed by atoms with E-state index in [2.05, 4.69) is 26.0 Å². The van der Waals surface area contributed by atoms with Crippen LogP contribution in [0.25, 0.3) is 0 Å². The molecule has 0 heterocycles. The molecule has 2 aliphatic carbocycles. The van der Waals surface area contributed by atoms with Crippen molar-refractivity contribution in [2.24, 2.45) is 23.7 Å². The average molecular weight is 162 g/mol. The normalized spacial score (nSPS) is 41.3. The zero-order valence-corrected chi connectivity index (χ0v) is 7.62. The maximum atomic E-state index is 8.13. The van der Waals surface area contributed by atoms with Gasteiger partial charge >= 0.3 is 0 Å². The summed E-state index contributed by atoms with van der Waals surface area (Å²) in [7, 11) is 0. The summed E-state index contributed by atoms with van der Waals surface area (Å²) < 4.78 is 0. The highest BCUT2D eigenvalue weighted by Crippen LogP contribution is 2.36. The van der Waals surface area contributed by atoms with Gasteiger partial charge in [-0.25, -0.2) is 0 Å². The van der Waals surface area contributed by atoms with Crippen LogP contribution in [0.15, 0.2) is 0 Å². The molecule has 2 saturated carbocycles. The lowest BCUT2D eigenvalue weighted by Gasteiger charge is -1.64. The lowest BCUT2D eigenvalue weighted by Crippen LogP contribution is -1.63. The third-order valence-electron chi connectivity index (χ3n) is 2.55. The highest BCUT2D eigenvalue weighted by molar-refractivity contribution is 4.99. The molecule has 0 aromatic carbocycles. The molecule has 0 amide bonds. The van der Waals surface area contributed by atoms with Gasteiger partial charge in [0, 0.05) is 11.8 Å². The van der Waals surface area contributed by atoms with Crippen LogP contribution in [0.5, 0.6) is 0 Å². The monoisotopic (exact) mass is 162 g/mol. The maximum absolute atomic E-state index is 8.13. The number of hydrogen-bond donors (Lipinski definition) is 0. The van der Waals surface area contributed by atoms with Gasteiger partial charge in [0.05, 0.1) is 12.1 Å². The van der Waals surface area contributed by atoms with Crippen molar-refractivity contribution in [3.8, 4) is 12.1 Å². The van der Waals surface area contributed by atoms with Crippen molar-refractivity contribution >= 4 is 0 Å². The highest BCUT2D eigenvalue weighted by Gasteiger charge is 2.32. The van der Waals surface area contributed by atoms with Crippen LogP contribution in [0, 0.1) is 46.3 Å². The number of nitriles is 2. The maximum Gasteiger partial charge on any atom is 0.0658 e. The van der Waals surface area contributed by atoms with Crippen molar-refractivity contribution < 1.29 is 0 Å². The Morgan fingerprint density at radius 3 is 1.17 bits per heavy atom. The molecule has 0 N–H and O–H groups in total. The predicted molar refractivity (Wildman–Crippen MR) is 45.8 cm³/mol. The van der Waals surface area contributed by atoms with Crippen LogP contribution >= 0.6 is 0 Å². The van der Waals surface area contributed by atoms with Gasteiger partial charge in [-0.2, -0.15) is 10.5 Å². The molecule has 4 unspecified atom stereocenters. The Kier molecular flexibility index (Phi) is 2.71. The van der Waals surface area contributed by atoms with Crippen LogP contribution in [0.1, 0.15) is 26.7 Å². The molecule has 0 radical (unpaired) electrons. The van der Waals surface area contributed by atoms with Gasteiger partial charge in [-0.3, -0.25) is 0 Å². The third kappa shape index (κ3) is 2.55. The van der Waals surface area contributed by atoms with Gasteiger partial charge in [0.2, 0.25) is 0 Å². The fourth-order valence-electron chi connectivity index (χ4n) is 1.00. The molecular formula is C10H14N2. The number of nitrogens with zero attached hydrogens (tertiary/aromatic N) is 2. The predicted octanol–water partition coefficient (Wildman–Crippen LogP) is 2.33. The van der Waals surface area contributed by atoms with Crippen LogP contribution in [-0.2, 0) is 0 Å². The van der Waals surface area contributed by atoms with E-state index in [0.29, 0.717) is 23.7 Å². The van der Waals surface area contributed by atoms with Gasteiger partial charge in [-0.15, -0.1) is 0 Å². The van der Waals surface area contributed by atoms with Crippen molar-refractivity contribution in [2.75, 3.05) is 0 Å². The molecular weight excluding hydrogens is 148 g/mol. The average Bonchev–Trinajstić information content (AvgIpc) is 2.92. The summed E-state index contributed by atoms with van der Waals surface area (Å²) in [5.74, 6) is 2.22. The van der Waals surface area contributed by atoms with Gasteiger partial charge in [-0.05, 0) is 24.7 Å². The van der Waals surface area contributed by atoms with E-state index in [1.165, 1.54) is 0 Å². The summed E-state index contributed by atoms with van der Waals surface area (Å²) in [6.07, 6.45) is 2.27. The largest absolute Gasteiger partial charge is 0.198 e. The minimum Gasteiger partial charge on any atom is -0.198 e. The molecule has 2 nitrogen and oxygen atoms in total. The molecule has 0 aromatic rings. The van der Waals surface area contributed by atoms with Crippen LogP contribution in [-0.4, -0.2) is 0 Å². The van der Waals surface area contributed by atoms with E-state index in [9.17, 15) is 0 Å². The van der Waals surface area contributed by atoms with E-state index in [-0.39, 0.29) is 0 Å². The summed E-state index contributed by atoms with van der Waals surface area (Å²) in [5.41, 5.74) is 0. The Hall–Kier alpha value is -1.02. The zero-order valence-electron chi connectivity index (χ0n) is 7.62. The Morgan fingerprint density at radius 2 is 1.17 bits per heavy atom. The third-order valence-corrected chi connectivity index (χ3v) is 2.55. The second-order valence-corrected chi connectivity index (χ2v) is 3.90. The van der Waals surface area contributed by atoms with Crippen molar-refractivity contribution in [1.29, 1.82) is 10.5 Å². The fraction of sp³-hybridized carbons (Fsp3) is 0.800. The van der Waals surface area contributed by atoms with E-state index in [1.54, 1.807) is 0 Å². The van der Waals surface area contributed by atoms with Crippen molar-refractivity contribution in [1.82, 2.24) is 0 Å². The van der Waals surface area contributed by atoms with Crippen molar-refractivity contribution in [3.63, 3.8) is 0 Å². The van der Waals surface area contributed by atoms with Crippen LogP contribution in [0.4, 0.5) is 0 Å². The molecule has 2 rings (SSSR count). The van der Waals surface area contributed by atoms with Crippen LogP contribution in [0.3, 0.4) is 0 Å². The lowest BCUT2D eigenvalue weighted by molar-refractivity contribution is 0.908. The number of hydrogen-bond acceptors (Lipinski definition) is 2. The molecule has 0 bridgehead atoms. The second-order valence-electron chi connectivity index (χ2n) is 3.90. The van der Waals surface area contributed by atoms with E-state index in [0.717, 1.165) is 12.8 Å². The molecule has 0 aliphatic heterocycles. The molecule has 2 heteroatoms. The Morgan fingerprint density at radius 1 is 0.917 bits per heavy atom. The molecule has 0 saturated heterocycles. The van der Waals surface area contributed by atoms with E-state index < -0.39 is 0 Å². The van der Waals surface area contributed by atoms with Gasteiger partial charge in [-0.1, -0.05) is 13.8 Å². The van der Waals surface area contributed by atoms with Gasteiger partial charge in [0.25, 0.3) is 0 Å². The Balaban J connectivity index is 0.000000120. The summed E-state index contributed by atoms with van der Waals surface area (Å²) in [6.45, 7) is 4.21. The first-order valence-electron chi connectivity index (χ1n) is 4.48. The zero-order chi connectivity index (χ0) is 9.14. The van der Waals surface area contributed by atoms with Gasteiger partial charge in [0.1, 0.15) is 0 Å². The smallest absolute Gasteiger partial charge is 0.0658 e. The molecule has 64 valence electrons. The minimum absolute atomic E-state index is 0.407. The topological polar surface area (TPSA) is 47.6 Å². The summed E-state index contributed by atoms with van der Waals surface area (Å²) in [6, 6.07) is 4.38. The first-order valence-corrected chi connectivity index (χ1v) is 4.48. The van der Waals surface area contributed by atoms with E-state index in [1.807, 2.05) is 0 Å². The highest BCUT2D eigenvalue weighted by atomic mass is 14.4. The lowest BCUT2D eigenvalue weighted by atomic mass is 10.4. The van der Waals surface area contributed by atoms with E-state index >= 15 is 0 Å². The first kappa shape index (κ1) is 9.07. The Labute approximate surface area is 73.8 Å². The van der Waals surface area contributed by atoms with E-state index in [4.69, 9.17) is 10.5 Å². The SMILES string of the molecule is CC1CC1C#N.CC1CC1C#N. The molecule has 4 atom stereocenters. The molecule has 0 spiro atoms. The summed E-state index contributed by atoms with van der Waals surface area (Å²) in [5, 5.41) is 16.3. The van der Waals surface area contributed by atoms with Crippen molar-refractivity contribution in [2.45, 2.75) is 26.7 Å². The molecule has 2 fully saturated rings.